The van der Waals surface area contributed by atoms with Crippen LogP contribution in [0.15, 0.2) is 30.3 Å². The van der Waals surface area contributed by atoms with Gasteiger partial charge in [-0.2, -0.15) is 5.10 Å². The van der Waals surface area contributed by atoms with Crippen LogP contribution < -0.4 is 5.32 Å². The summed E-state index contributed by atoms with van der Waals surface area (Å²) in [5, 5.41) is 8.01. The molecule has 0 aliphatic carbocycles. The number of amides is 1. The molecule has 1 aromatic carbocycles. The lowest BCUT2D eigenvalue weighted by Gasteiger charge is -2.14. The summed E-state index contributed by atoms with van der Waals surface area (Å²) in [4.78, 5) is 12.3. The number of ether oxygens (including phenoxy) is 1. The summed E-state index contributed by atoms with van der Waals surface area (Å²) >= 11 is 6.01. The molecule has 0 unspecified atom stereocenters. The predicted octanol–water partition coefficient (Wildman–Crippen LogP) is 2.74. The third-order valence-corrected chi connectivity index (χ3v) is 4.10. The first-order valence-electron chi connectivity index (χ1n) is 7.29. The van der Waals surface area contributed by atoms with Crippen molar-refractivity contribution in [2.75, 3.05) is 6.61 Å². The van der Waals surface area contributed by atoms with Crippen LogP contribution in [0.5, 0.6) is 0 Å². The first-order chi connectivity index (χ1) is 10.5. The molecule has 0 radical (unpaired) electrons. The van der Waals surface area contributed by atoms with E-state index in [1.165, 1.54) is 0 Å². The number of hydrogen-bond donors (Lipinski definition) is 1. The number of carbonyl (C=O) groups is 1. The van der Waals surface area contributed by atoms with Crippen LogP contribution in [0, 0.1) is 6.92 Å². The number of halogens is 1. The maximum atomic E-state index is 12.3. The third-order valence-electron chi connectivity index (χ3n) is 3.87. The van der Waals surface area contributed by atoms with E-state index in [-0.39, 0.29) is 18.1 Å². The molecular formula is C16H18ClN3O2. The van der Waals surface area contributed by atoms with Crippen LogP contribution in [-0.2, 0) is 4.74 Å². The van der Waals surface area contributed by atoms with Crippen molar-refractivity contribution in [3.05, 3.63) is 46.7 Å². The minimum absolute atomic E-state index is 0.0417. The van der Waals surface area contributed by atoms with Crippen LogP contribution in [0.4, 0.5) is 0 Å². The topological polar surface area (TPSA) is 56.1 Å². The first kappa shape index (κ1) is 15.1. The van der Waals surface area contributed by atoms with E-state index in [1.807, 2.05) is 32.0 Å². The van der Waals surface area contributed by atoms with Crippen LogP contribution in [-0.4, -0.2) is 34.4 Å². The second-order valence-corrected chi connectivity index (χ2v) is 5.94. The molecular weight excluding hydrogens is 302 g/mol. The van der Waals surface area contributed by atoms with Crippen molar-refractivity contribution in [3.8, 4) is 5.69 Å². The van der Waals surface area contributed by atoms with E-state index in [2.05, 4.69) is 10.4 Å². The lowest BCUT2D eigenvalue weighted by molar-refractivity contribution is 0.0861. The van der Waals surface area contributed by atoms with Crippen LogP contribution in [0.2, 0.25) is 5.02 Å². The van der Waals surface area contributed by atoms with Gasteiger partial charge in [-0.15, -0.1) is 0 Å². The van der Waals surface area contributed by atoms with Crippen LogP contribution >= 0.6 is 11.6 Å². The van der Waals surface area contributed by atoms with Gasteiger partial charge in [-0.3, -0.25) is 4.79 Å². The van der Waals surface area contributed by atoms with Crippen LogP contribution in [0.3, 0.4) is 0 Å². The Morgan fingerprint density at radius 3 is 2.95 bits per heavy atom. The molecule has 2 heterocycles. The molecule has 2 atom stereocenters. The highest BCUT2D eigenvalue weighted by molar-refractivity contribution is 6.30. The number of aromatic nitrogens is 2. The number of nitrogens with zero attached hydrogens (tertiary/aromatic N) is 2. The highest BCUT2D eigenvalue weighted by atomic mass is 35.5. The zero-order valence-electron chi connectivity index (χ0n) is 12.5. The van der Waals surface area contributed by atoms with Crippen molar-refractivity contribution in [2.45, 2.75) is 32.4 Å². The molecule has 1 amide bonds. The Kier molecular flexibility index (Phi) is 4.18. The molecule has 6 heteroatoms. The molecule has 3 rings (SSSR count). The average Bonchev–Trinajstić information content (AvgIpc) is 3.06. The Balaban J connectivity index is 1.81. The lowest BCUT2D eigenvalue weighted by atomic mass is 10.1. The highest BCUT2D eigenvalue weighted by Crippen LogP contribution is 2.18. The largest absolute Gasteiger partial charge is 0.376 e. The maximum absolute atomic E-state index is 12.3. The number of hydrogen-bond acceptors (Lipinski definition) is 3. The minimum atomic E-state index is -0.175. The molecule has 0 bridgehead atoms. The summed E-state index contributed by atoms with van der Waals surface area (Å²) in [6, 6.07) is 9.20. The molecule has 1 fully saturated rings. The van der Waals surface area contributed by atoms with Gasteiger partial charge in [-0.1, -0.05) is 17.7 Å². The molecule has 0 spiro atoms. The van der Waals surface area contributed by atoms with Crippen molar-refractivity contribution >= 4 is 17.5 Å². The summed E-state index contributed by atoms with van der Waals surface area (Å²) < 4.78 is 7.18. The van der Waals surface area contributed by atoms with E-state index in [4.69, 9.17) is 16.3 Å². The highest BCUT2D eigenvalue weighted by Gasteiger charge is 2.27. The quantitative estimate of drug-likeness (QED) is 0.946. The molecule has 2 aromatic rings. The molecule has 1 N–H and O–H groups in total. The van der Waals surface area contributed by atoms with Crippen molar-refractivity contribution in [2.24, 2.45) is 0 Å². The third kappa shape index (κ3) is 3.00. The van der Waals surface area contributed by atoms with Crippen molar-refractivity contribution in [3.63, 3.8) is 0 Å². The SMILES string of the molecule is Cc1cc(C(=O)N[C@@H]2CCO[C@H]2C)nn1-c1cccc(Cl)c1. The fourth-order valence-corrected chi connectivity index (χ4v) is 2.80. The fraction of sp³-hybridized carbons (Fsp3) is 0.375. The molecule has 22 heavy (non-hydrogen) atoms. The fourth-order valence-electron chi connectivity index (χ4n) is 2.62. The maximum Gasteiger partial charge on any atom is 0.272 e. The molecule has 1 aliphatic rings. The molecule has 116 valence electrons. The van der Waals surface area contributed by atoms with E-state index >= 15 is 0 Å². The molecule has 0 saturated carbocycles. The van der Waals surface area contributed by atoms with Gasteiger partial charge in [-0.25, -0.2) is 4.68 Å². The Hall–Kier alpha value is -1.85. The summed E-state index contributed by atoms with van der Waals surface area (Å²) in [6.07, 6.45) is 0.876. The Labute approximate surface area is 134 Å². The van der Waals surface area contributed by atoms with Crippen LogP contribution in [0.1, 0.15) is 29.5 Å². The van der Waals surface area contributed by atoms with Gasteiger partial charge in [0.25, 0.3) is 5.91 Å². The number of aryl methyl sites for hydroxylation is 1. The zero-order chi connectivity index (χ0) is 15.7. The summed E-state index contributed by atoms with van der Waals surface area (Å²) in [5.74, 6) is -0.175. The number of nitrogens with one attached hydrogen (secondary N) is 1. The van der Waals surface area contributed by atoms with Gasteiger partial charge >= 0.3 is 0 Å². The number of carbonyl (C=O) groups excluding carboxylic acids is 1. The smallest absolute Gasteiger partial charge is 0.272 e. The average molecular weight is 320 g/mol. The minimum Gasteiger partial charge on any atom is -0.376 e. The second kappa shape index (κ2) is 6.10. The van der Waals surface area contributed by atoms with Gasteiger partial charge in [0.2, 0.25) is 0 Å². The molecule has 5 nitrogen and oxygen atoms in total. The van der Waals surface area contributed by atoms with Gasteiger partial charge in [-0.05, 0) is 44.5 Å². The van der Waals surface area contributed by atoms with E-state index in [0.717, 1.165) is 17.8 Å². The Bertz CT molecular complexity index is 698. The van der Waals surface area contributed by atoms with Gasteiger partial charge in [0.1, 0.15) is 0 Å². The monoisotopic (exact) mass is 319 g/mol. The van der Waals surface area contributed by atoms with Crippen molar-refractivity contribution < 1.29 is 9.53 Å². The number of rotatable bonds is 3. The second-order valence-electron chi connectivity index (χ2n) is 5.51. The van der Waals surface area contributed by atoms with Gasteiger partial charge in [0.15, 0.2) is 5.69 Å². The van der Waals surface area contributed by atoms with Gasteiger partial charge in [0.05, 0.1) is 17.8 Å². The van der Waals surface area contributed by atoms with Gasteiger partial charge < -0.3 is 10.1 Å². The first-order valence-corrected chi connectivity index (χ1v) is 7.67. The van der Waals surface area contributed by atoms with Crippen molar-refractivity contribution in [1.82, 2.24) is 15.1 Å². The summed E-state index contributed by atoms with van der Waals surface area (Å²) in [5.41, 5.74) is 2.11. The predicted molar refractivity (Wildman–Crippen MR) is 84.6 cm³/mol. The Morgan fingerprint density at radius 1 is 1.45 bits per heavy atom. The number of benzene rings is 1. The summed E-state index contributed by atoms with van der Waals surface area (Å²) in [7, 11) is 0. The summed E-state index contributed by atoms with van der Waals surface area (Å²) in [6.45, 7) is 4.56. The standard InChI is InChI=1S/C16H18ClN3O2/c1-10-8-15(16(21)18-14-6-7-22-11(14)2)19-20(10)13-5-3-4-12(17)9-13/h3-5,8-9,11,14H,6-7H2,1-2H3,(H,18,21)/t11-,14+/m0/s1. The zero-order valence-corrected chi connectivity index (χ0v) is 13.3. The molecule has 1 aliphatic heterocycles. The van der Waals surface area contributed by atoms with Gasteiger partial charge in [0, 0.05) is 17.3 Å². The van der Waals surface area contributed by atoms with E-state index in [9.17, 15) is 4.79 Å². The lowest BCUT2D eigenvalue weighted by Crippen LogP contribution is -2.39. The van der Waals surface area contributed by atoms with Crippen LogP contribution in [0.25, 0.3) is 5.69 Å². The Morgan fingerprint density at radius 2 is 2.27 bits per heavy atom. The van der Waals surface area contributed by atoms with E-state index < -0.39 is 0 Å². The normalized spacial score (nSPS) is 21.0. The molecule has 1 aromatic heterocycles. The molecule has 1 saturated heterocycles. The van der Waals surface area contributed by atoms with Crippen molar-refractivity contribution in [1.29, 1.82) is 0 Å². The van der Waals surface area contributed by atoms with E-state index in [0.29, 0.717) is 17.3 Å². The van der Waals surface area contributed by atoms with E-state index in [1.54, 1.807) is 16.8 Å².